The van der Waals surface area contributed by atoms with Crippen LogP contribution in [0.5, 0.6) is 0 Å². The Labute approximate surface area is 129 Å². The lowest BCUT2D eigenvalue weighted by atomic mass is 9.84. The SMILES string of the molecule is CCN(CC)c1ccc(NCC2CC(C)=CC(C)C2)cn1. The first kappa shape index (κ1) is 15.9. The fraction of sp³-hybridized carbons (Fsp3) is 0.611. The van der Waals surface area contributed by atoms with E-state index in [1.807, 2.05) is 6.20 Å². The minimum absolute atomic E-state index is 0.716. The van der Waals surface area contributed by atoms with Gasteiger partial charge >= 0.3 is 0 Å². The molecule has 1 aliphatic carbocycles. The molecular formula is C18H29N3. The Kier molecular flexibility index (Phi) is 5.66. The van der Waals surface area contributed by atoms with Crippen LogP contribution in [0.1, 0.15) is 40.5 Å². The molecule has 1 heterocycles. The summed E-state index contributed by atoms with van der Waals surface area (Å²) in [6.07, 6.45) is 6.89. The van der Waals surface area contributed by atoms with Crippen LogP contribution in [-0.2, 0) is 0 Å². The van der Waals surface area contributed by atoms with Crippen molar-refractivity contribution in [2.45, 2.75) is 40.5 Å². The van der Waals surface area contributed by atoms with Crippen LogP contribution in [0.3, 0.4) is 0 Å². The third kappa shape index (κ3) is 4.48. The number of aromatic nitrogens is 1. The van der Waals surface area contributed by atoms with Crippen molar-refractivity contribution < 1.29 is 0 Å². The topological polar surface area (TPSA) is 28.2 Å². The lowest BCUT2D eigenvalue weighted by Crippen LogP contribution is -2.23. The predicted molar refractivity (Wildman–Crippen MR) is 91.9 cm³/mol. The van der Waals surface area contributed by atoms with Gasteiger partial charge in [-0.3, -0.25) is 0 Å². The van der Waals surface area contributed by atoms with E-state index in [2.05, 4.69) is 61.1 Å². The first-order valence-corrected chi connectivity index (χ1v) is 8.24. The number of rotatable bonds is 6. The number of nitrogens with zero attached hydrogens (tertiary/aromatic N) is 2. The maximum atomic E-state index is 4.57. The second-order valence-electron chi connectivity index (χ2n) is 6.25. The number of allylic oxidation sites excluding steroid dienone is 2. The van der Waals surface area contributed by atoms with Crippen LogP contribution in [0.15, 0.2) is 30.0 Å². The molecule has 0 bridgehead atoms. The van der Waals surface area contributed by atoms with Crippen LogP contribution < -0.4 is 10.2 Å². The van der Waals surface area contributed by atoms with E-state index in [1.54, 1.807) is 0 Å². The Morgan fingerprint density at radius 3 is 2.62 bits per heavy atom. The molecule has 21 heavy (non-hydrogen) atoms. The summed E-state index contributed by atoms with van der Waals surface area (Å²) in [5, 5.41) is 3.55. The predicted octanol–water partition coefficient (Wildman–Crippen LogP) is 4.33. The van der Waals surface area contributed by atoms with Crippen LogP contribution in [0.4, 0.5) is 11.5 Å². The molecule has 2 unspecified atom stereocenters. The molecular weight excluding hydrogens is 258 g/mol. The molecule has 1 aromatic heterocycles. The minimum atomic E-state index is 0.716. The van der Waals surface area contributed by atoms with Gasteiger partial charge in [-0.2, -0.15) is 0 Å². The highest BCUT2D eigenvalue weighted by Gasteiger charge is 2.17. The van der Waals surface area contributed by atoms with Gasteiger partial charge in [0.15, 0.2) is 0 Å². The Morgan fingerprint density at radius 1 is 1.29 bits per heavy atom. The van der Waals surface area contributed by atoms with Gasteiger partial charge in [-0.15, -0.1) is 0 Å². The summed E-state index contributed by atoms with van der Waals surface area (Å²) in [5.74, 6) is 2.52. The molecule has 0 amide bonds. The zero-order valence-electron chi connectivity index (χ0n) is 13.9. The highest BCUT2D eigenvalue weighted by Crippen LogP contribution is 2.28. The second-order valence-corrected chi connectivity index (χ2v) is 6.25. The van der Waals surface area contributed by atoms with Crippen LogP contribution in [0.2, 0.25) is 0 Å². The summed E-state index contributed by atoms with van der Waals surface area (Å²) in [6.45, 7) is 11.9. The molecule has 0 saturated heterocycles. The maximum Gasteiger partial charge on any atom is 0.128 e. The quantitative estimate of drug-likeness (QED) is 0.789. The third-order valence-electron chi connectivity index (χ3n) is 4.31. The molecule has 2 atom stereocenters. The van der Waals surface area contributed by atoms with Gasteiger partial charge in [0.25, 0.3) is 0 Å². The van der Waals surface area contributed by atoms with E-state index in [4.69, 9.17) is 0 Å². The Hall–Kier alpha value is -1.51. The van der Waals surface area contributed by atoms with Gasteiger partial charge < -0.3 is 10.2 Å². The monoisotopic (exact) mass is 287 g/mol. The fourth-order valence-corrected chi connectivity index (χ4v) is 3.33. The summed E-state index contributed by atoms with van der Waals surface area (Å²) in [7, 11) is 0. The number of hydrogen-bond acceptors (Lipinski definition) is 3. The number of pyridine rings is 1. The Balaban J connectivity index is 1.88. The van der Waals surface area contributed by atoms with Crippen molar-refractivity contribution in [1.82, 2.24) is 4.98 Å². The summed E-state index contributed by atoms with van der Waals surface area (Å²) >= 11 is 0. The van der Waals surface area contributed by atoms with Crippen molar-refractivity contribution in [2.75, 3.05) is 29.9 Å². The van der Waals surface area contributed by atoms with Gasteiger partial charge in [-0.25, -0.2) is 4.98 Å². The third-order valence-corrected chi connectivity index (χ3v) is 4.31. The van der Waals surface area contributed by atoms with Crippen molar-refractivity contribution >= 4 is 11.5 Å². The molecule has 2 rings (SSSR count). The average Bonchev–Trinajstić information content (AvgIpc) is 2.47. The second kappa shape index (κ2) is 7.48. The van der Waals surface area contributed by atoms with Gasteiger partial charge in [-0.05, 0) is 57.6 Å². The van der Waals surface area contributed by atoms with E-state index in [1.165, 1.54) is 18.4 Å². The molecule has 1 aliphatic rings. The van der Waals surface area contributed by atoms with Crippen LogP contribution in [0, 0.1) is 11.8 Å². The highest BCUT2D eigenvalue weighted by atomic mass is 15.2. The molecule has 3 heteroatoms. The van der Waals surface area contributed by atoms with Crippen molar-refractivity contribution in [1.29, 1.82) is 0 Å². The largest absolute Gasteiger partial charge is 0.384 e. The minimum Gasteiger partial charge on any atom is -0.384 e. The van der Waals surface area contributed by atoms with Crippen molar-refractivity contribution in [3.63, 3.8) is 0 Å². The summed E-state index contributed by atoms with van der Waals surface area (Å²) < 4.78 is 0. The summed E-state index contributed by atoms with van der Waals surface area (Å²) in [4.78, 5) is 6.83. The zero-order chi connectivity index (χ0) is 15.2. The van der Waals surface area contributed by atoms with Gasteiger partial charge in [0, 0.05) is 19.6 Å². The molecule has 0 radical (unpaired) electrons. The van der Waals surface area contributed by atoms with Gasteiger partial charge in [0.2, 0.25) is 0 Å². The first-order valence-electron chi connectivity index (χ1n) is 8.24. The molecule has 0 saturated carbocycles. The van der Waals surface area contributed by atoms with Crippen LogP contribution in [0.25, 0.3) is 0 Å². The van der Waals surface area contributed by atoms with Crippen molar-refractivity contribution in [3.05, 3.63) is 30.0 Å². The summed E-state index contributed by atoms with van der Waals surface area (Å²) in [6, 6.07) is 4.26. The molecule has 0 fully saturated rings. The van der Waals surface area contributed by atoms with Crippen molar-refractivity contribution in [2.24, 2.45) is 11.8 Å². The van der Waals surface area contributed by atoms with Crippen LogP contribution in [-0.4, -0.2) is 24.6 Å². The number of anilines is 2. The first-order chi connectivity index (χ1) is 10.1. The molecule has 0 aromatic carbocycles. The zero-order valence-corrected chi connectivity index (χ0v) is 13.9. The van der Waals surface area contributed by atoms with Crippen molar-refractivity contribution in [3.8, 4) is 0 Å². The smallest absolute Gasteiger partial charge is 0.128 e. The average molecular weight is 287 g/mol. The lowest BCUT2D eigenvalue weighted by Gasteiger charge is -2.26. The molecule has 0 spiro atoms. The summed E-state index contributed by atoms with van der Waals surface area (Å²) in [5.41, 5.74) is 2.67. The van der Waals surface area contributed by atoms with Gasteiger partial charge in [-0.1, -0.05) is 18.6 Å². The normalized spacial score (nSPS) is 21.8. The van der Waals surface area contributed by atoms with E-state index >= 15 is 0 Å². The maximum absolute atomic E-state index is 4.57. The number of nitrogens with one attached hydrogen (secondary N) is 1. The van der Waals surface area contributed by atoms with E-state index in [0.29, 0.717) is 5.92 Å². The Bertz CT molecular complexity index is 460. The highest BCUT2D eigenvalue weighted by molar-refractivity contribution is 5.48. The Morgan fingerprint density at radius 2 is 2.05 bits per heavy atom. The van der Waals surface area contributed by atoms with E-state index in [0.717, 1.165) is 37.1 Å². The van der Waals surface area contributed by atoms with E-state index in [-0.39, 0.29) is 0 Å². The molecule has 0 aliphatic heterocycles. The number of hydrogen-bond donors (Lipinski definition) is 1. The fourth-order valence-electron chi connectivity index (χ4n) is 3.33. The molecule has 1 N–H and O–H groups in total. The molecule has 116 valence electrons. The van der Waals surface area contributed by atoms with Gasteiger partial charge in [0.1, 0.15) is 5.82 Å². The van der Waals surface area contributed by atoms with E-state index in [9.17, 15) is 0 Å². The molecule has 1 aromatic rings. The molecule has 3 nitrogen and oxygen atoms in total. The van der Waals surface area contributed by atoms with Crippen LogP contribution >= 0.6 is 0 Å². The van der Waals surface area contributed by atoms with E-state index < -0.39 is 0 Å². The standard InChI is InChI=1S/C18H29N3/c1-5-21(6-2)18-8-7-17(13-20-18)19-12-16-10-14(3)9-15(4)11-16/h7-9,13-14,16,19H,5-6,10-12H2,1-4H3. The lowest BCUT2D eigenvalue weighted by molar-refractivity contribution is 0.421. The van der Waals surface area contributed by atoms with Gasteiger partial charge in [0.05, 0.1) is 11.9 Å².